The van der Waals surface area contributed by atoms with Gasteiger partial charge in [-0.3, -0.25) is 9.97 Å². The molecule has 74 heavy (non-hydrogen) atoms. The fourth-order valence-electron chi connectivity index (χ4n) is 18.6. The number of aromatic nitrogens is 3. The van der Waals surface area contributed by atoms with Crippen LogP contribution in [0.4, 0.5) is 0 Å². The second-order valence-electron chi connectivity index (χ2n) is 24.4. The van der Waals surface area contributed by atoms with Gasteiger partial charge in [-0.05, 0) is 189 Å². The largest absolute Gasteiger partial charge is 0.305 e. The standard InChI is InChI=1S/C71H57N3/c1-5-15-42(16-6-1)52-23-13-24-53(43-17-7-2-8-18-43)62(52)56-35-57(63-54(44-19-9-3-10-20-44)25-14-26-55(63)45-21-11-4-12-22-45)65-67-59(39-73-69-49-33-51-34-50-32-48(61(67)69)36-71(50,51)37-49)74-58-38-72-68-47-30-40-27-41(31-47)29-46(28-40)60(68)66(58)64(56)70(65)74/h1-26,35,38-41,46-51H,27-34,36-37H2. The molecule has 3 heteroatoms. The van der Waals surface area contributed by atoms with E-state index in [1.54, 1.807) is 11.1 Å². The first-order valence-corrected chi connectivity index (χ1v) is 28.2. The zero-order chi connectivity index (χ0) is 48.0. The molecule has 7 unspecified atom stereocenters. The molecule has 7 atom stereocenters. The van der Waals surface area contributed by atoms with Crippen molar-refractivity contribution in [3.8, 4) is 66.8 Å². The number of rotatable bonds is 6. The zero-order valence-corrected chi connectivity index (χ0v) is 41.8. The van der Waals surface area contributed by atoms with E-state index in [2.05, 4.69) is 181 Å². The van der Waals surface area contributed by atoms with Gasteiger partial charge in [0.1, 0.15) is 0 Å². The maximum Gasteiger partial charge on any atom is 0.0728 e. The van der Waals surface area contributed by atoms with Crippen LogP contribution in [-0.4, -0.2) is 14.4 Å². The summed E-state index contributed by atoms with van der Waals surface area (Å²) in [4.78, 5) is 11.6. The number of hydrogen-bond acceptors (Lipinski definition) is 2. The van der Waals surface area contributed by atoms with E-state index >= 15 is 0 Å². The van der Waals surface area contributed by atoms with E-state index in [0.29, 0.717) is 29.1 Å². The molecule has 0 amide bonds. The molecule has 4 heterocycles. The summed E-state index contributed by atoms with van der Waals surface area (Å²) in [5, 5.41) is 5.78. The second-order valence-corrected chi connectivity index (χ2v) is 24.4. The molecular formula is C71H57N3. The molecule has 1 spiro atoms. The minimum Gasteiger partial charge on any atom is -0.305 e. The van der Waals surface area contributed by atoms with Gasteiger partial charge in [0.05, 0.1) is 28.9 Å². The summed E-state index contributed by atoms with van der Waals surface area (Å²) in [5.74, 6) is 5.41. The molecule has 11 aromatic rings. The number of benzene rings is 7. The SMILES string of the molecule is c1ccc(-c2cccc(-c3ccccc3)c2-c2cc(-c3c(-c4ccccc4)cccc3-c3ccccc3)c3c4c5c(ncc4n4c6cnc7c(c6c2c34)C2CC3CC(CC7C3)C2)C2CC3CC4CC5CC34C2)cc1. The molecule has 19 rings (SSSR count). The Kier molecular flexibility index (Phi) is 8.27. The lowest BCUT2D eigenvalue weighted by Crippen LogP contribution is -2.41. The van der Waals surface area contributed by atoms with Crippen molar-refractivity contribution in [3.05, 3.63) is 199 Å². The molecule has 8 aliphatic rings. The van der Waals surface area contributed by atoms with Gasteiger partial charge in [0.25, 0.3) is 0 Å². The van der Waals surface area contributed by atoms with Crippen LogP contribution in [0.2, 0.25) is 0 Å². The van der Waals surface area contributed by atoms with E-state index in [0.717, 1.165) is 23.7 Å². The van der Waals surface area contributed by atoms with Crippen molar-refractivity contribution in [3.63, 3.8) is 0 Å². The molecule has 5 saturated carbocycles. The molecular weight excluding hydrogens is 895 g/mol. The normalized spacial score (nSPS) is 26.7. The predicted molar refractivity (Wildman–Crippen MR) is 303 cm³/mol. The molecule has 3 nitrogen and oxygen atoms in total. The minimum absolute atomic E-state index is 0.509. The summed E-state index contributed by atoms with van der Waals surface area (Å²) in [6.45, 7) is 0. The fraction of sp³-hybridized carbons (Fsp3) is 0.268. The van der Waals surface area contributed by atoms with Gasteiger partial charge < -0.3 is 4.40 Å². The number of fused-ring (bicyclic) bond motifs is 12. The van der Waals surface area contributed by atoms with Crippen LogP contribution in [0.15, 0.2) is 176 Å². The zero-order valence-electron chi connectivity index (χ0n) is 41.8. The molecule has 7 bridgehead atoms. The smallest absolute Gasteiger partial charge is 0.0728 e. The van der Waals surface area contributed by atoms with Gasteiger partial charge in [0, 0.05) is 44.8 Å². The highest BCUT2D eigenvalue weighted by atomic mass is 15.0. The maximum atomic E-state index is 5.81. The van der Waals surface area contributed by atoms with Crippen LogP contribution >= 0.6 is 0 Å². The molecule has 8 aliphatic carbocycles. The Hall–Kier alpha value is -7.36. The van der Waals surface area contributed by atoms with Crippen molar-refractivity contribution in [1.82, 2.24) is 14.4 Å². The van der Waals surface area contributed by atoms with Crippen molar-refractivity contribution in [1.29, 1.82) is 0 Å². The molecule has 0 radical (unpaired) electrons. The van der Waals surface area contributed by atoms with E-state index in [1.165, 1.54) is 180 Å². The Morgan fingerprint density at radius 3 is 1.27 bits per heavy atom. The lowest BCUT2D eigenvalue weighted by atomic mass is 9.56. The first kappa shape index (κ1) is 41.0. The van der Waals surface area contributed by atoms with Gasteiger partial charge in [0.2, 0.25) is 0 Å². The monoisotopic (exact) mass is 951 g/mol. The van der Waals surface area contributed by atoms with Crippen molar-refractivity contribution >= 4 is 38.1 Å². The second kappa shape index (κ2) is 14.9. The summed E-state index contributed by atoms with van der Waals surface area (Å²) in [6.07, 6.45) is 18.0. The molecule has 0 saturated heterocycles. The number of pyridine rings is 2. The van der Waals surface area contributed by atoms with Crippen molar-refractivity contribution < 1.29 is 0 Å². The van der Waals surface area contributed by atoms with Crippen molar-refractivity contribution in [2.24, 2.45) is 29.1 Å². The minimum atomic E-state index is 0.509. The van der Waals surface area contributed by atoms with Gasteiger partial charge in [-0.2, -0.15) is 0 Å². The molecule has 4 aromatic heterocycles. The van der Waals surface area contributed by atoms with E-state index in [4.69, 9.17) is 9.97 Å². The Labute approximate surface area is 432 Å². The summed E-state index contributed by atoms with van der Waals surface area (Å²) < 4.78 is 2.74. The molecule has 0 N–H and O–H groups in total. The summed E-state index contributed by atoms with van der Waals surface area (Å²) >= 11 is 0. The van der Waals surface area contributed by atoms with Crippen LogP contribution < -0.4 is 0 Å². The summed E-state index contributed by atoms with van der Waals surface area (Å²) in [5.41, 5.74) is 25.8. The fourth-order valence-corrected chi connectivity index (χ4v) is 18.6. The third-order valence-electron chi connectivity index (χ3n) is 21.1. The highest BCUT2D eigenvalue weighted by Crippen LogP contribution is 2.76. The molecule has 0 aliphatic heterocycles. The Morgan fingerprint density at radius 1 is 0.365 bits per heavy atom. The quantitative estimate of drug-likeness (QED) is 0.166. The summed E-state index contributed by atoms with van der Waals surface area (Å²) in [6, 6.07) is 62.0. The highest BCUT2D eigenvalue weighted by molar-refractivity contribution is 6.33. The highest BCUT2D eigenvalue weighted by Gasteiger charge is 2.66. The van der Waals surface area contributed by atoms with Crippen molar-refractivity contribution in [2.75, 3.05) is 0 Å². The Bertz CT molecular complexity index is 4010. The van der Waals surface area contributed by atoms with Crippen LogP contribution in [0.5, 0.6) is 0 Å². The van der Waals surface area contributed by atoms with E-state index < -0.39 is 0 Å². The lowest BCUT2D eigenvalue weighted by molar-refractivity contribution is 0.00321. The predicted octanol–water partition coefficient (Wildman–Crippen LogP) is 18.4. The van der Waals surface area contributed by atoms with Gasteiger partial charge in [0.15, 0.2) is 0 Å². The van der Waals surface area contributed by atoms with Crippen LogP contribution in [0.3, 0.4) is 0 Å². The third kappa shape index (κ3) is 5.38. The Morgan fingerprint density at radius 2 is 0.784 bits per heavy atom. The number of nitrogens with zero attached hydrogens (tertiary/aromatic N) is 3. The van der Waals surface area contributed by atoms with E-state index in [1.807, 2.05) is 0 Å². The van der Waals surface area contributed by atoms with Crippen LogP contribution in [0.1, 0.15) is 110 Å². The lowest BCUT2D eigenvalue weighted by Gasteiger charge is -2.48. The first-order valence-electron chi connectivity index (χ1n) is 28.2. The average Bonchev–Trinajstić information content (AvgIpc) is 4.13. The maximum absolute atomic E-state index is 5.81. The average molecular weight is 952 g/mol. The van der Waals surface area contributed by atoms with Crippen LogP contribution in [-0.2, 0) is 0 Å². The Balaban J connectivity index is 1.09. The molecule has 7 aromatic carbocycles. The van der Waals surface area contributed by atoms with Crippen molar-refractivity contribution in [2.45, 2.75) is 87.9 Å². The summed E-state index contributed by atoms with van der Waals surface area (Å²) in [7, 11) is 0. The molecule has 5 fully saturated rings. The van der Waals surface area contributed by atoms with Crippen LogP contribution in [0, 0.1) is 29.1 Å². The van der Waals surface area contributed by atoms with Gasteiger partial charge in [-0.25, -0.2) is 0 Å². The van der Waals surface area contributed by atoms with Crippen LogP contribution in [0.25, 0.3) is 105 Å². The third-order valence-corrected chi connectivity index (χ3v) is 21.1. The molecule has 356 valence electrons. The first-order chi connectivity index (χ1) is 36.6. The van der Waals surface area contributed by atoms with E-state index in [9.17, 15) is 0 Å². The number of hydrogen-bond donors (Lipinski definition) is 0. The van der Waals surface area contributed by atoms with Gasteiger partial charge in [-0.15, -0.1) is 0 Å². The van der Waals surface area contributed by atoms with Gasteiger partial charge >= 0.3 is 0 Å². The topological polar surface area (TPSA) is 30.2 Å². The van der Waals surface area contributed by atoms with Gasteiger partial charge in [-0.1, -0.05) is 158 Å². The van der Waals surface area contributed by atoms with E-state index in [-0.39, 0.29) is 0 Å².